The largest absolute Gasteiger partial charge is 1.00 e. The van der Waals surface area contributed by atoms with Crippen LogP contribution >= 0.6 is 0 Å². The number of imidazole rings is 1. The molecule has 0 aliphatic carbocycles. The van der Waals surface area contributed by atoms with Crippen LogP contribution in [-0.2, 0) is 21.4 Å². The van der Waals surface area contributed by atoms with Crippen LogP contribution < -0.4 is 32.8 Å². The SMILES string of the molecule is CC[n+]1c(C)n(-c2ccccc2)c2ccc(S(=O)(=O)N(C(C)=O)c3ccccc3)cc21.[I-]. The molecule has 0 fully saturated rings. The van der Waals surface area contributed by atoms with Gasteiger partial charge in [-0.25, -0.2) is 17.3 Å². The number of carbonyl (C=O) groups is 1. The van der Waals surface area contributed by atoms with Crippen LogP contribution in [0.25, 0.3) is 16.7 Å². The van der Waals surface area contributed by atoms with Gasteiger partial charge in [0.25, 0.3) is 15.8 Å². The number of aryl methyl sites for hydroxylation is 1. The van der Waals surface area contributed by atoms with E-state index in [9.17, 15) is 13.2 Å². The van der Waals surface area contributed by atoms with Gasteiger partial charge in [-0.05, 0) is 43.3 Å². The molecule has 6 nitrogen and oxygen atoms in total. The number of anilines is 1. The van der Waals surface area contributed by atoms with E-state index in [0.29, 0.717) is 12.2 Å². The van der Waals surface area contributed by atoms with Crippen LogP contribution in [0.15, 0.2) is 83.8 Å². The molecule has 166 valence electrons. The number of hydrogen-bond acceptors (Lipinski definition) is 3. The maximum absolute atomic E-state index is 13.5. The van der Waals surface area contributed by atoms with Crippen molar-refractivity contribution in [1.29, 1.82) is 0 Å². The third-order valence-electron chi connectivity index (χ3n) is 5.34. The van der Waals surface area contributed by atoms with Crippen LogP contribution in [0, 0.1) is 6.92 Å². The Kier molecular flexibility index (Phi) is 7.04. The number of nitrogens with zero attached hydrogens (tertiary/aromatic N) is 3. The van der Waals surface area contributed by atoms with Crippen LogP contribution in [0.3, 0.4) is 0 Å². The summed E-state index contributed by atoms with van der Waals surface area (Å²) >= 11 is 0. The quantitative estimate of drug-likeness (QED) is 0.270. The summed E-state index contributed by atoms with van der Waals surface area (Å²) in [5.41, 5.74) is 3.01. The van der Waals surface area contributed by atoms with Gasteiger partial charge in [0.05, 0.1) is 17.1 Å². The Labute approximate surface area is 205 Å². The number of amides is 1. The van der Waals surface area contributed by atoms with Crippen molar-refractivity contribution in [1.82, 2.24) is 4.57 Å². The molecule has 4 rings (SSSR count). The predicted molar refractivity (Wildman–Crippen MR) is 121 cm³/mol. The molecule has 0 atom stereocenters. The Morgan fingerprint density at radius 3 is 2.12 bits per heavy atom. The van der Waals surface area contributed by atoms with Crippen LogP contribution in [0.1, 0.15) is 19.7 Å². The van der Waals surface area contributed by atoms with Gasteiger partial charge in [0.15, 0.2) is 11.0 Å². The van der Waals surface area contributed by atoms with E-state index in [-0.39, 0.29) is 28.9 Å². The zero-order valence-electron chi connectivity index (χ0n) is 18.1. The number of hydrogen-bond donors (Lipinski definition) is 0. The van der Waals surface area contributed by atoms with Gasteiger partial charge in [0.2, 0.25) is 5.91 Å². The molecular weight excluding hydrogens is 537 g/mol. The van der Waals surface area contributed by atoms with Crippen LogP contribution in [0.2, 0.25) is 0 Å². The number of aromatic nitrogens is 2. The van der Waals surface area contributed by atoms with Crippen molar-refractivity contribution >= 4 is 32.7 Å². The first kappa shape index (κ1) is 23.9. The molecule has 1 amide bonds. The van der Waals surface area contributed by atoms with Crippen molar-refractivity contribution in [3.8, 4) is 5.69 Å². The molecule has 0 saturated heterocycles. The van der Waals surface area contributed by atoms with Gasteiger partial charge in [-0.3, -0.25) is 4.79 Å². The van der Waals surface area contributed by atoms with Gasteiger partial charge in [0.1, 0.15) is 5.69 Å². The molecule has 0 saturated carbocycles. The Hall–Kier alpha value is -2.72. The van der Waals surface area contributed by atoms with E-state index in [4.69, 9.17) is 0 Å². The van der Waals surface area contributed by atoms with Crippen molar-refractivity contribution in [3.63, 3.8) is 0 Å². The van der Waals surface area contributed by atoms with Crippen LogP contribution in [0.5, 0.6) is 0 Å². The molecule has 0 aliphatic heterocycles. The Bertz CT molecular complexity index is 1370. The normalized spacial score (nSPS) is 11.2. The smallest absolute Gasteiger partial charge is 0.271 e. The predicted octanol–water partition coefficient (Wildman–Crippen LogP) is 0.992. The van der Waals surface area contributed by atoms with Gasteiger partial charge in [-0.2, -0.15) is 4.57 Å². The summed E-state index contributed by atoms with van der Waals surface area (Å²) in [5.74, 6) is 0.428. The molecule has 32 heavy (non-hydrogen) atoms. The molecule has 0 N–H and O–H groups in total. The molecule has 0 aliphatic rings. The number of fused-ring (bicyclic) bond motifs is 1. The standard InChI is InChI=1S/C24H24N3O3S.HI/c1-4-25-18(2)26(20-11-7-5-8-12-20)23-16-15-22(17-24(23)25)31(29,30)27(19(3)28)21-13-9-6-10-14-21;/h5-17H,4H2,1-3H3;1H/q+1;/p-1. The molecule has 0 bridgehead atoms. The Balaban J connectivity index is 0.00000289. The summed E-state index contributed by atoms with van der Waals surface area (Å²) in [4.78, 5) is 12.4. The lowest BCUT2D eigenvalue weighted by molar-refractivity contribution is -0.674. The summed E-state index contributed by atoms with van der Waals surface area (Å²) in [5, 5.41) is 0. The lowest BCUT2D eigenvalue weighted by Gasteiger charge is -2.20. The summed E-state index contributed by atoms with van der Waals surface area (Å²) in [6, 6.07) is 23.4. The number of benzene rings is 3. The lowest BCUT2D eigenvalue weighted by Crippen LogP contribution is -3.00. The van der Waals surface area contributed by atoms with E-state index < -0.39 is 15.9 Å². The highest BCUT2D eigenvalue weighted by Crippen LogP contribution is 2.27. The van der Waals surface area contributed by atoms with E-state index in [1.165, 1.54) is 6.92 Å². The molecule has 4 aromatic rings. The van der Waals surface area contributed by atoms with Gasteiger partial charge < -0.3 is 24.0 Å². The van der Waals surface area contributed by atoms with E-state index >= 15 is 0 Å². The molecule has 0 radical (unpaired) electrons. The minimum Gasteiger partial charge on any atom is -1.00 e. The van der Waals surface area contributed by atoms with Gasteiger partial charge in [-0.1, -0.05) is 36.4 Å². The van der Waals surface area contributed by atoms with Gasteiger partial charge in [-0.15, -0.1) is 0 Å². The van der Waals surface area contributed by atoms with Crippen LogP contribution in [0.4, 0.5) is 5.69 Å². The lowest BCUT2D eigenvalue weighted by atomic mass is 10.2. The zero-order valence-corrected chi connectivity index (χ0v) is 21.0. The second-order valence-corrected chi connectivity index (χ2v) is 9.02. The molecule has 0 spiro atoms. The summed E-state index contributed by atoms with van der Waals surface area (Å²) in [7, 11) is -4.08. The number of halogens is 1. The molecule has 0 unspecified atom stereocenters. The van der Waals surface area contributed by atoms with E-state index in [1.807, 2.05) is 44.2 Å². The second kappa shape index (κ2) is 9.41. The molecular formula is C24H24IN3O3S. The third-order valence-corrected chi connectivity index (χ3v) is 7.14. The molecule has 3 aromatic carbocycles. The van der Waals surface area contributed by atoms with Crippen molar-refractivity contribution < 1.29 is 41.8 Å². The summed E-state index contributed by atoms with van der Waals surface area (Å²) in [6.45, 7) is 5.97. The molecule has 1 heterocycles. The van der Waals surface area contributed by atoms with Gasteiger partial charge in [0, 0.05) is 19.9 Å². The van der Waals surface area contributed by atoms with Crippen molar-refractivity contribution in [2.45, 2.75) is 32.2 Å². The first-order chi connectivity index (χ1) is 14.9. The maximum atomic E-state index is 13.5. The Morgan fingerprint density at radius 2 is 1.56 bits per heavy atom. The van der Waals surface area contributed by atoms with Crippen LogP contribution in [-0.4, -0.2) is 18.9 Å². The fraction of sp³-hybridized carbons (Fsp3) is 0.167. The Morgan fingerprint density at radius 1 is 0.969 bits per heavy atom. The highest BCUT2D eigenvalue weighted by atomic mass is 127. The van der Waals surface area contributed by atoms with E-state index in [1.54, 1.807) is 48.5 Å². The fourth-order valence-electron chi connectivity index (χ4n) is 4.00. The monoisotopic (exact) mass is 561 g/mol. The van der Waals surface area contributed by atoms with E-state index in [2.05, 4.69) is 9.13 Å². The second-order valence-electron chi connectivity index (χ2n) is 7.24. The topological polar surface area (TPSA) is 63.3 Å². The minimum atomic E-state index is -4.08. The minimum absolute atomic E-state index is 0. The maximum Gasteiger partial charge on any atom is 0.271 e. The third kappa shape index (κ3) is 4.04. The number of carbonyl (C=O) groups excluding carboxylic acids is 1. The number of sulfonamides is 1. The molecule has 8 heteroatoms. The number of rotatable bonds is 5. The van der Waals surface area contributed by atoms with Crippen molar-refractivity contribution in [2.75, 3.05) is 4.31 Å². The summed E-state index contributed by atoms with van der Waals surface area (Å²) < 4.78 is 32.0. The van der Waals surface area contributed by atoms with Crippen molar-refractivity contribution in [3.05, 3.63) is 84.7 Å². The highest BCUT2D eigenvalue weighted by Gasteiger charge is 2.31. The zero-order chi connectivity index (χ0) is 22.2. The first-order valence-corrected chi connectivity index (χ1v) is 11.5. The molecule has 1 aromatic heterocycles. The number of para-hydroxylation sites is 2. The first-order valence-electron chi connectivity index (χ1n) is 10.1. The van der Waals surface area contributed by atoms with Gasteiger partial charge >= 0.3 is 0 Å². The summed E-state index contributed by atoms with van der Waals surface area (Å²) in [6.07, 6.45) is 0. The fourth-order valence-corrected chi connectivity index (χ4v) is 5.45. The van der Waals surface area contributed by atoms with E-state index in [0.717, 1.165) is 26.9 Å². The highest BCUT2D eigenvalue weighted by molar-refractivity contribution is 7.93. The average Bonchev–Trinajstić information content (AvgIpc) is 3.05. The average molecular weight is 561 g/mol. The van der Waals surface area contributed by atoms with Crippen molar-refractivity contribution in [2.24, 2.45) is 0 Å².